The van der Waals surface area contributed by atoms with Gasteiger partial charge in [-0.3, -0.25) is 4.79 Å². The Morgan fingerprint density at radius 2 is 1.82 bits per heavy atom. The second kappa shape index (κ2) is 11.2. The van der Waals surface area contributed by atoms with Gasteiger partial charge in [-0.05, 0) is 27.2 Å². The van der Waals surface area contributed by atoms with Crippen molar-refractivity contribution in [3.05, 3.63) is 0 Å². The lowest BCUT2D eigenvalue weighted by Gasteiger charge is -2.19. The second-order valence-corrected chi connectivity index (χ2v) is 4.63. The number of hydrogen-bond donors (Lipinski definition) is 2. The molecule has 0 saturated carbocycles. The number of nitrogens with one attached hydrogen (secondary N) is 1. The molecule has 0 spiro atoms. The van der Waals surface area contributed by atoms with Crippen LogP contribution in [0.4, 0.5) is 4.79 Å². The summed E-state index contributed by atoms with van der Waals surface area (Å²) in [6.07, 6.45) is 4.59. The van der Waals surface area contributed by atoms with Gasteiger partial charge in [-0.25, -0.2) is 4.79 Å². The quantitative estimate of drug-likeness (QED) is 0.576. The van der Waals surface area contributed by atoms with Gasteiger partial charge < -0.3 is 15.8 Å². The average Bonchev–Trinajstić information content (AvgIpc) is 2.16. The molecule has 0 aliphatic carbocycles. The van der Waals surface area contributed by atoms with Gasteiger partial charge in [0.1, 0.15) is 5.60 Å². The summed E-state index contributed by atoms with van der Waals surface area (Å²) in [7, 11) is 0. The number of carbonyl (C=O) groups excluding carboxylic acids is 2. The van der Waals surface area contributed by atoms with E-state index in [-0.39, 0.29) is 12.5 Å². The molecule has 5 heteroatoms. The number of ether oxygens (including phenoxy) is 1. The van der Waals surface area contributed by atoms with Gasteiger partial charge in [0.15, 0.2) is 0 Å². The topological polar surface area (TPSA) is 81.4 Å². The summed E-state index contributed by atoms with van der Waals surface area (Å²) in [5.41, 5.74) is 3.77. The molecule has 0 unspecified atom stereocenters. The van der Waals surface area contributed by atoms with Gasteiger partial charge in [-0.2, -0.15) is 0 Å². The van der Waals surface area contributed by atoms with Crippen molar-refractivity contribution in [3.8, 4) is 0 Å². The van der Waals surface area contributed by atoms with Gasteiger partial charge >= 0.3 is 6.09 Å². The number of carbonyl (C=O) groups is 2. The lowest BCUT2D eigenvalue weighted by Crippen LogP contribution is -2.32. The highest BCUT2D eigenvalue weighted by Crippen LogP contribution is 2.06. The Morgan fingerprint density at radius 1 is 1.29 bits per heavy atom. The highest BCUT2D eigenvalue weighted by Gasteiger charge is 2.15. The fraction of sp³-hybridized carbons (Fsp3) is 0.833. The Balaban J connectivity index is 0. The minimum atomic E-state index is -0.395. The molecule has 0 aromatic rings. The van der Waals surface area contributed by atoms with Crippen molar-refractivity contribution in [2.24, 2.45) is 5.73 Å². The molecule has 0 rings (SSSR count). The van der Waals surface area contributed by atoms with E-state index in [0.717, 1.165) is 13.0 Å². The maximum absolute atomic E-state index is 11.2. The summed E-state index contributed by atoms with van der Waals surface area (Å²) in [6, 6.07) is 0. The maximum Gasteiger partial charge on any atom is 0.407 e. The number of primary amides is 1. The minimum Gasteiger partial charge on any atom is -0.444 e. The lowest BCUT2D eigenvalue weighted by molar-refractivity contribution is -0.106. The summed E-state index contributed by atoms with van der Waals surface area (Å²) in [5.74, 6) is 0. The summed E-state index contributed by atoms with van der Waals surface area (Å²) < 4.78 is 5.09. The van der Waals surface area contributed by atoms with Crippen molar-refractivity contribution < 1.29 is 14.3 Å². The van der Waals surface area contributed by atoms with Gasteiger partial charge in [0.2, 0.25) is 6.41 Å². The fourth-order valence-electron chi connectivity index (χ4n) is 1.06. The predicted octanol–water partition coefficient (Wildman–Crippen LogP) is 2.19. The molecule has 0 aliphatic heterocycles. The highest BCUT2D eigenvalue weighted by atomic mass is 16.6. The van der Waals surface area contributed by atoms with Crippen LogP contribution in [0.25, 0.3) is 0 Å². The molecule has 17 heavy (non-hydrogen) atoms. The third-order valence-electron chi connectivity index (χ3n) is 1.70. The SMILES string of the molecule is CCCCCCNC(=O)OC(C)(C)C.NC=O. The monoisotopic (exact) mass is 246 g/mol. The van der Waals surface area contributed by atoms with Crippen LogP contribution in [0, 0.1) is 0 Å². The van der Waals surface area contributed by atoms with E-state index in [0.29, 0.717) is 0 Å². The van der Waals surface area contributed by atoms with Crippen LogP contribution in [0.5, 0.6) is 0 Å². The van der Waals surface area contributed by atoms with E-state index in [1.807, 2.05) is 20.8 Å². The first-order valence-electron chi connectivity index (χ1n) is 5.99. The Kier molecular flexibility index (Phi) is 12.0. The zero-order chi connectivity index (χ0) is 13.7. The van der Waals surface area contributed by atoms with E-state index in [2.05, 4.69) is 18.0 Å². The normalized spacial score (nSPS) is 9.88. The van der Waals surface area contributed by atoms with Crippen molar-refractivity contribution in [2.45, 2.75) is 59.0 Å². The molecule has 2 amide bonds. The van der Waals surface area contributed by atoms with Gasteiger partial charge in [0.05, 0.1) is 0 Å². The fourth-order valence-corrected chi connectivity index (χ4v) is 1.06. The van der Waals surface area contributed by atoms with E-state index in [4.69, 9.17) is 9.53 Å². The van der Waals surface area contributed by atoms with Crippen LogP contribution >= 0.6 is 0 Å². The van der Waals surface area contributed by atoms with Gasteiger partial charge in [0, 0.05) is 6.54 Å². The van der Waals surface area contributed by atoms with E-state index in [9.17, 15) is 4.79 Å². The number of hydrogen-bond acceptors (Lipinski definition) is 3. The molecule has 0 aromatic heterocycles. The number of amides is 2. The number of unbranched alkanes of at least 4 members (excludes halogenated alkanes) is 3. The summed E-state index contributed by atoms with van der Waals surface area (Å²) in [6.45, 7) is 8.48. The molecule has 0 heterocycles. The smallest absolute Gasteiger partial charge is 0.407 e. The van der Waals surface area contributed by atoms with E-state index < -0.39 is 5.60 Å². The van der Waals surface area contributed by atoms with Crippen LogP contribution in [-0.4, -0.2) is 24.6 Å². The molecule has 0 aliphatic rings. The number of nitrogens with two attached hydrogens (primary N) is 1. The van der Waals surface area contributed by atoms with Crippen LogP contribution in [-0.2, 0) is 9.53 Å². The highest BCUT2D eigenvalue weighted by molar-refractivity contribution is 5.67. The Hall–Kier alpha value is -1.26. The van der Waals surface area contributed by atoms with Crippen LogP contribution in [0.3, 0.4) is 0 Å². The first kappa shape index (κ1) is 18.1. The maximum atomic E-state index is 11.2. The van der Waals surface area contributed by atoms with Crippen molar-refractivity contribution in [2.75, 3.05) is 6.54 Å². The van der Waals surface area contributed by atoms with E-state index >= 15 is 0 Å². The molecular formula is C12H26N2O3. The molecule has 0 saturated heterocycles. The zero-order valence-corrected chi connectivity index (χ0v) is 11.4. The number of rotatable bonds is 5. The van der Waals surface area contributed by atoms with Gasteiger partial charge in [-0.15, -0.1) is 0 Å². The van der Waals surface area contributed by atoms with Crippen LogP contribution in [0.1, 0.15) is 53.4 Å². The van der Waals surface area contributed by atoms with Crippen LogP contribution in [0.15, 0.2) is 0 Å². The predicted molar refractivity (Wildman–Crippen MR) is 68.6 cm³/mol. The van der Waals surface area contributed by atoms with Crippen molar-refractivity contribution in [3.63, 3.8) is 0 Å². The Labute approximate surface area is 104 Å². The standard InChI is InChI=1S/C11H23NO2.CH3NO/c1-5-6-7-8-9-12-10(13)14-11(2,3)4;2-1-3/h5-9H2,1-4H3,(H,12,13);1H,(H2,2,3). The largest absolute Gasteiger partial charge is 0.444 e. The molecule has 0 aromatic carbocycles. The van der Waals surface area contributed by atoms with Crippen molar-refractivity contribution in [1.29, 1.82) is 0 Å². The molecule has 5 nitrogen and oxygen atoms in total. The first-order valence-corrected chi connectivity index (χ1v) is 5.99. The third-order valence-corrected chi connectivity index (χ3v) is 1.70. The Bertz CT molecular complexity index is 200. The van der Waals surface area contributed by atoms with Crippen molar-refractivity contribution in [1.82, 2.24) is 5.32 Å². The Morgan fingerprint density at radius 3 is 2.24 bits per heavy atom. The zero-order valence-electron chi connectivity index (χ0n) is 11.4. The van der Waals surface area contributed by atoms with E-state index in [1.54, 1.807) is 0 Å². The first-order chi connectivity index (χ1) is 7.87. The summed E-state index contributed by atoms with van der Waals surface area (Å²) in [4.78, 5) is 19.7. The summed E-state index contributed by atoms with van der Waals surface area (Å²) >= 11 is 0. The molecular weight excluding hydrogens is 220 g/mol. The van der Waals surface area contributed by atoms with E-state index in [1.165, 1.54) is 19.3 Å². The number of alkyl carbamates (subject to hydrolysis) is 1. The van der Waals surface area contributed by atoms with Crippen LogP contribution in [0.2, 0.25) is 0 Å². The van der Waals surface area contributed by atoms with Crippen molar-refractivity contribution >= 4 is 12.5 Å². The molecule has 0 atom stereocenters. The molecule has 0 radical (unpaired) electrons. The second-order valence-electron chi connectivity index (χ2n) is 4.63. The van der Waals surface area contributed by atoms with Gasteiger partial charge in [-0.1, -0.05) is 26.2 Å². The van der Waals surface area contributed by atoms with Gasteiger partial charge in [0.25, 0.3) is 0 Å². The molecule has 102 valence electrons. The lowest BCUT2D eigenvalue weighted by atomic mass is 10.2. The molecule has 0 bridgehead atoms. The molecule has 0 fully saturated rings. The molecule has 3 N–H and O–H groups in total. The minimum absolute atomic E-state index is 0.250. The average molecular weight is 246 g/mol. The van der Waals surface area contributed by atoms with Crippen LogP contribution < -0.4 is 11.1 Å². The summed E-state index contributed by atoms with van der Waals surface area (Å²) in [5, 5.41) is 2.74. The third kappa shape index (κ3) is 20.7.